The molecule has 3 aromatic rings. The van der Waals surface area contributed by atoms with Crippen LogP contribution >= 0.6 is 23.4 Å². The maximum absolute atomic E-state index is 13.1. The number of carbonyl (C=O) groups excluding carboxylic acids is 1. The van der Waals surface area contributed by atoms with Crippen LogP contribution in [0.25, 0.3) is 10.9 Å². The van der Waals surface area contributed by atoms with Crippen LogP contribution in [0, 0.1) is 0 Å². The van der Waals surface area contributed by atoms with Crippen LogP contribution in [-0.4, -0.2) is 33.8 Å². The highest BCUT2D eigenvalue weighted by atomic mass is 35.5. The number of benzene rings is 2. The predicted molar refractivity (Wildman–Crippen MR) is 111 cm³/mol. The van der Waals surface area contributed by atoms with Crippen LogP contribution in [-0.2, 0) is 11.3 Å². The van der Waals surface area contributed by atoms with E-state index in [9.17, 15) is 9.59 Å². The van der Waals surface area contributed by atoms with Gasteiger partial charge in [0.25, 0.3) is 5.56 Å². The molecular formula is C21H19ClN2O3S. The van der Waals surface area contributed by atoms with Crippen LogP contribution in [0.1, 0.15) is 23.2 Å². The molecule has 0 bridgehead atoms. The molecular weight excluding hydrogens is 396 g/mol. The molecule has 2 heterocycles. The third-order valence-corrected chi connectivity index (χ3v) is 5.93. The van der Waals surface area contributed by atoms with Crippen molar-refractivity contribution >= 4 is 40.0 Å². The van der Waals surface area contributed by atoms with Gasteiger partial charge in [-0.2, -0.15) is 0 Å². The van der Waals surface area contributed by atoms with Crippen LogP contribution < -0.4 is 5.56 Å². The van der Waals surface area contributed by atoms with Gasteiger partial charge in [0.1, 0.15) is 0 Å². The molecule has 0 radical (unpaired) electrons. The molecule has 7 heteroatoms. The Hall–Kier alpha value is -2.15. The van der Waals surface area contributed by atoms with Crippen LogP contribution in [0.15, 0.2) is 58.5 Å². The van der Waals surface area contributed by atoms with Crippen LogP contribution in [0.4, 0.5) is 0 Å². The Morgan fingerprint density at radius 1 is 1.25 bits per heavy atom. The molecule has 0 amide bonds. The molecule has 1 aliphatic heterocycles. The fourth-order valence-corrected chi connectivity index (χ4v) is 4.34. The van der Waals surface area contributed by atoms with Crippen molar-refractivity contribution < 1.29 is 9.53 Å². The molecule has 1 aromatic heterocycles. The zero-order valence-electron chi connectivity index (χ0n) is 15.1. The maximum Gasteiger partial charge on any atom is 0.262 e. The van der Waals surface area contributed by atoms with E-state index in [4.69, 9.17) is 16.3 Å². The molecule has 0 aliphatic carbocycles. The number of nitrogens with zero attached hydrogens (tertiary/aromatic N) is 2. The second-order valence-electron chi connectivity index (χ2n) is 6.68. The van der Waals surface area contributed by atoms with Gasteiger partial charge < -0.3 is 4.74 Å². The summed E-state index contributed by atoms with van der Waals surface area (Å²) in [6.07, 6.45) is 1.90. The van der Waals surface area contributed by atoms with Crippen LogP contribution in [0.3, 0.4) is 0 Å². The number of aromatic nitrogens is 2. The first-order valence-electron chi connectivity index (χ1n) is 9.14. The summed E-state index contributed by atoms with van der Waals surface area (Å²) < 4.78 is 7.34. The number of rotatable bonds is 6. The second kappa shape index (κ2) is 8.47. The van der Waals surface area contributed by atoms with E-state index in [0.29, 0.717) is 39.8 Å². The number of hydrogen-bond donors (Lipinski definition) is 0. The molecule has 0 N–H and O–H groups in total. The number of fused-ring (bicyclic) bond motifs is 1. The van der Waals surface area contributed by atoms with Crippen molar-refractivity contribution in [3.05, 3.63) is 69.5 Å². The van der Waals surface area contributed by atoms with E-state index >= 15 is 0 Å². The van der Waals surface area contributed by atoms with Crippen molar-refractivity contribution in [1.29, 1.82) is 0 Å². The van der Waals surface area contributed by atoms with Gasteiger partial charge >= 0.3 is 0 Å². The highest BCUT2D eigenvalue weighted by Crippen LogP contribution is 2.23. The van der Waals surface area contributed by atoms with E-state index in [-0.39, 0.29) is 23.2 Å². The molecule has 28 heavy (non-hydrogen) atoms. The zero-order chi connectivity index (χ0) is 19.5. The van der Waals surface area contributed by atoms with E-state index in [1.54, 1.807) is 34.9 Å². The summed E-state index contributed by atoms with van der Waals surface area (Å²) in [5.74, 6) is 0.198. The normalized spacial score (nSPS) is 16.5. The highest BCUT2D eigenvalue weighted by molar-refractivity contribution is 7.99. The standard InChI is InChI=1S/C21H19ClN2O3S/c22-15-8-9-17-18(11-15)23-21(24(20(17)26)12-16-7-4-10-27-16)28-13-19(25)14-5-2-1-3-6-14/h1-3,5-6,8-9,11,16H,4,7,10,12-13H2. The topological polar surface area (TPSA) is 61.2 Å². The van der Waals surface area contributed by atoms with E-state index in [1.165, 1.54) is 11.8 Å². The second-order valence-corrected chi connectivity index (χ2v) is 8.06. The fraction of sp³-hybridized carbons (Fsp3) is 0.286. The van der Waals surface area contributed by atoms with Gasteiger partial charge in [0.2, 0.25) is 0 Å². The minimum atomic E-state index is -0.133. The predicted octanol–water partition coefficient (Wildman–Crippen LogP) is 4.20. The van der Waals surface area contributed by atoms with Crippen molar-refractivity contribution in [3.63, 3.8) is 0 Å². The van der Waals surface area contributed by atoms with E-state index in [1.807, 2.05) is 18.2 Å². The van der Waals surface area contributed by atoms with Crippen molar-refractivity contribution in [2.24, 2.45) is 0 Å². The first kappa shape index (κ1) is 19.2. The summed E-state index contributed by atoms with van der Waals surface area (Å²) >= 11 is 7.35. The Kier molecular flexibility index (Phi) is 5.80. The quantitative estimate of drug-likeness (QED) is 0.343. The summed E-state index contributed by atoms with van der Waals surface area (Å²) in [7, 11) is 0. The minimum Gasteiger partial charge on any atom is -0.376 e. The monoisotopic (exact) mass is 414 g/mol. The van der Waals surface area contributed by atoms with Gasteiger partial charge in [0.15, 0.2) is 10.9 Å². The Balaban J connectivity index is 1.67. The van der Waals surface area contributed by atoms with Gasteiger partial charge in [-0.15, -0.1) is 0 Å². The number of ether oxygens (including phenoxy) is 1. The molecule has 0 saturated carbocycles. The lowest BCUT2D eigenvalue weighted by molar-refractivity contribution is 0.0937. The van der Waals surface area contributed by atoms with Gasteiger partial charge in [-0.1, -0.05) is 53.7 Å². The van der Waals surface area contributed by atoms with Gasteiger partial charge in [-0.3, -0.25) is 14.2 Å². The average Bonchev–Trinajstić information content (AvgIpc) is 3.22. The summed E-state index contributed by atoms with van der Waals surface area (Å²) in [5.41, 5.74) is 1.05. The number of thioether (sulfide) groups is 1. The number of Topliss-reactive ketones (excluding diaryl/α,β-unsaturated/α-hetero) is 1. The Morgan fingerprint density at radius 2 is 2.07 bits per heavy atom. The molecule has 144 valence electrons. The lowest BCUT2D eigenvalue weighted by Gasteiger charge is -2.16. The third kappa shape index (κ3) is 4.14. The summed E-state index contributed by atoms with van der Waals surface area (Å²) in [6, 6.07) is 14.2. The molecule has 1 fully saturated rings. The van der Waals surface area contributed by atoms with Crippen molar-refractivity contribution in [3.8, 4) is 0 Å². The lowest BCUT2D eigenvalue weighted by atomic mass is 10.2. The Bertz CT molecular complexity index is 1060. The fourth-order valence-electron chi connectivity index (χ4n) is 3.27. The van der Waals surface area contributed by atoms with Crippen LogP contribution in [0.5, 0.6) is 0 Å². The van der Waals surface area contributed by atoms with Crippen molar-refractivity contribution in [2.45, 2.75) is 30.6 Å². The largest absolute Gasteiger partial charge is 0.376 e. The summed E-state index contributed by atoms with van der Waals surface area (Å²) in [4.78, 5) is 30.2. The molecule has 1 atom stereocenters. The van der Waals surface area contributed by atoms with E-state index in [0.717, 1.165) is 12.8 Å². The van der Waals surface area contributed by atoms with Gasteiger partial charge in [-0.05, 0) is 31.0 Å². The van der Waals surface area contributed by atoms with E-state index in [2.05, 4.69) is 4.98 Å². The number of ketones is 1. The van der Waals surface area contributed by atoms with Gasteiger partial charge in [0.05, 0.1) is 29.3 Å². The summed E-state index contributed by atoms with van der Waals surface area (Å²) in [6.45, 7) is 1.15. The maximum atomic E-state index is 13.1. The first-order chi connectivity index (χ1) is 13.6. The SMILES string of the molecule is O=C(CSc1nc2cc(Cl)ccc2c(=O)n1CC1CCCO1)c1ccccc1. The van der Waals surface area contributed by atoms with Crippen molar-refractivity contribution in [2.75, 3.05) is 12.4 Å². The molecule has 0 spiro atoms. The molecule has 1 aliphatic rings. The first-order valence-corrected chi connectivity index (χ1v) is 10.5. The van der Waals surface area contributed by atoms with Crippen molar-refractivity contribution in [1.82, 2.24) is 9.55 Å². The number of carbonyl (C=O) groups is 1. The number of halogens is 1. The molecule has 1 saturated heterocycles. The average molecular weight is 415 g/mol. The van der Waals surface area contributed by atoms with Crippen LogP contribution in [0.2, 0.25) is 5.02 Å². The third-order valence-electron chi connectivity index (χ3n) is 4.72. The molecule has 4 rings (SSSR count). The van der Waals surface area contributed by atoms with Gasteiger partial charge in [-0.25, -0.2) is 4.98 Å². The zero-order valence-corrected chi connectivity index (χ0v) is 16.7. The summed E-state index contributed by atoms with van der Waals surface area (Å²) in [5, 5.41) is 1.55. The molecule has 5 nitrogen and oxygen atoms in total. The Labute approximate surface area is 171 Å². The molecule has 2 aromatic carbocycles. The van der Waals surface area contributed by atoms with E-state index < -0.39 is 0 Å². The number of hydrogen-bond acceptors (Lipinski definition) is 5. The highest BCUT2D eigenvalue weighted by Gasteiger charge is 2.21. The smallest absolute Gasteiger partial charge is 0.262 e. The molecule has 1 unspecified atom stereocenters. The lowest BCUT2D eigenvalue weighted by Crippen LogP contribution is -2.29. The van der Waals surface area contributed by atoms with Gasteiger partial charge in [0, 0.05) is 17.2 Å². The Morgan fingerprint density at radius 3 is 2.82 bits per heavy atom. The minimum absolute atomic E-state index is 0.00490.